The van der Waals surface area contributed by atoms with Gasteiger partial charge in [0.25, 0.3) is 0 Å². The lowest BCUT2D eigenvalue weighted by molar-refractivity contribution is 0.580. The maximum atomic E-state index is 11.8. The van der Waals surface area contributed by atoms with E-state index in [9.17, 15) is 8.42 Å². The molecule has 0 unspecified atom stereocenters. The maximum Gasteiger partial charge on any atom is 0.243 e. The predicted octanol–water partition coefficient (Wildman–Crippen LogP) is -0.697. The Bertz CT molecular complexity index is 592. The molecule has 0 radical (unpaired) electrons. The minimum Gasteiger partial charge on any atom is -0.368 e. The lowest BCUT2D eigenvalue weighted by atomic mass is 10.3. The number of imidazole rings is 1. The van der Waals surface area contributed by atoms with Crippen molar-refractivity contribution in [3.63, 3.8) is 0 Å². The second kappa shape index (κ2) is 5.10. The number of anilines is 1. The SMILES string of the molecule is Nc1ncc(S(=O)(=O)NCCc2cnc[nH]2)cn1. The summed E-state index contributed by atoms with van der Waals surface area (Å²) in [5, 5.41) is 0. The van der Waals surface area contributed by atoms with Gasteiger partial charge in [0.1, 0.15) is 4.90 Å². The van der Waals surface area contributed by atoms with Gasteiger partial charge in [-0.05, 0) is 0 Å². The standard InChI is InChI=1S/C9H12N6O2S/c10-9-12-4-8(5-13-9)18(16,17)15-2-1-7-3-11-6-14-7/h3-6,15H,1-2H2,(H,11,14)(H2,10,12,13). The number of nitrogens with zero attached hydrogens (tertiary/aromatic N) is 3. The van der Waals surface area contributed by atoms with Crippen LogP contribution in [-0.4, -0.2) is 34.9 Å². The van der Waals surface area contributed by atoms with E-state index in [1.165, 1.54) is 18.7 Å². The van der Waals surface area contributed by atoms with Crippen molar-refractivity contribution in [3.8, 4) is 0 Å². The summed E-state index contributed by atoms with van der Waals surface area (Å²) in [7, 11) is -3.60. The first kappa shape index (κ1) is 12.5. The third-order valence-electron chi connectivity index (χ3n) is 2.20. The van der Waals surface area contributed by atoms with Gasteiger partial charge in [-0.1, -0.05) is 0 Å². The van der Waals surface area contributed by atoms with Crippen LogP contribution in [-0.2, 0) is 16.4 Å². The van der Waals surface area contributed by atoms with Gasteiger partial charge in [0.05, 0.1) is 18.7 Å². The highest BCUT2D eigenvalue weighted by Gasteiger charge is 2.14. The van der Waals surface area contributed by atoms with Crippen LogP contribution in [0.4, 0.5) is 5.95 Å². The van der Waals surface area contributed by atoms with E-state index in [4.69, 9.17) is 5.73 Å². The Hall–Kier alpha value is -2.00. The quantitative estimate of drug-likeness (QED) is 0.658. The van der Waals surface area contributed by atoms with Crippen LogP contribution >= 0.6 is 0 Å². The molecule has 0 aliphatic rings. The molecule has 96 valence electrons. The van der Waals surface area contributed by atoms with Crippen molar-refractivity contribution < 1.29 is 8.42 Å². The van der Waals surface area contributed by atoms with Crippen LogP contribution in [0, 0.1) is 0 Å². The molecule has 0 saturated heterocycles. The molecule has 8 nitrogen and oxygen atoms in total. The van der Waals surface area contributed by atoms with Crippen molar-refractivity contribution in [2.24, 2.45) is 0 Å². The maximum absolute atomic E-state index is 11.8. The van der Waals surface area contributed by atoms with E-state index < -0.39 is 10.0 Å². The molecule has 0 fully saturated rings. The molecule has 0 saturated carbocycles. The van der Waals surface area contributed by atoms with Crippen molar-refractivity contribution in [1.82, 2.24) is 24.7 Å². The molecular weight excluding hydrogens is 256 g/mol. The fourth-order valence-corrected chi connectivity index (χ4v) is 2.21. The smallest absolute Gasteiger partial charge is 0.243 e. The molecule has 0 aliphatic carbocycles. The Labute approximate surface area is 104 Å². The van der Waals surface area contributed by atoms with Gasteiger partial charge in [0, 0.05) is 24.9 Å². The number of nitrogens with two attached hydrogens (primary N) is 1. The zero-order valence-electron chi connectivity index (χ0n) is 9.37. The molecule has 0 aliphatic heterocycles. The number of hydrogen-bond acceptors (Lipinski definition) is 6. The summed E-state index contributed by atoms with van der Waals surface area (Å²) >= 11 is 0. The van der Waals surface area contributed by atoms with E-state index in [0.717, 1.165) is 5.69 Å². The normalized spacial score (nSPS) is 11.6. The number of aromatic amines is 1. The Kier molecular flexibility index (Phi) is 3.53. The minimum atomic E-state index is -3.60. The number of nitrogens with one attached hydrogen (secondary N) is 2. The van der Waals surface area contributed by atoms with Crippen LogP contribution in [0.5, 0.6) is 0 Å². The average molecular weight is 268 g/mol. The van der Waals surface area contributed by atoms with Crippen molar-refractivity contribution in [1.29, 1.82) is 0 Å². The van der Waals surface area contributed by atoms with E-state index in [-0.39, 0.29) is 17.4 Å². The second-order valence-electron chi connectivity index (χ2n) is 3.50. The molecule has 18 heavy (non-hydrogen) atoms. The first-order chi connectivity index (χ1) is 8.58. The molecule has 0 spiro atoms. The molecule has 0 bridgehead atoms. The summed E-state index contributed by atoms with van der Waals surface area (Å²) in [5.41, 5.74) is 6.14. The average Bonchev–Trinajstić information content (AvgIpc) is 2.82. The lowest BCUT2D eigenvalue weighted by Gasteiger charge is -2.05. The number of rotatable bonds is 5. The van der Waals surface area contributed by atoms with Gasteiger partial charge in [-0.3, -0.25) is 0 Å². The van der Waals surface area contributed by atoms with Crippen LogP contribution in [0.25, 0.3) is 0 Å². The van der Waals surface area contributed by atoms with E-state index in [1.54, 1.807) is 6.20 Å². The molecule has 0 atom stereocenters. The van der Waals surface area contributed by atoms with Crippen molar-refractivity contribution in [3.05, 3.63) is 30.6 Å². The zero-order valence-corrected chi connectivity index (χ0v) is 10.2. The summed E-state index contributed by atoms with van der Waals surface area (Å²) < 4.78 is 26.1. The minimum absolute atomic E-state index is 0.0127. The highest BCUT2D eigenvalue weighted by Crippen LogP contribution is 2.05. The fourth-order valence-electron chi connectivity index (χ4n) is 1.29. The fraction of sp³-hybridized carbons (Fsp3) is 0.222. The first-order valence-electron chi connectivity index (χ1n) is 5.12. The lowest BCUT2D eigenvalue weighted by Crippen LogP contribution is -2.26. The van der Waals surface area contributed by atoms with Crippen molar-refractivity contribution >= 4 is 16.0 Å². The molecule has 2 aromatic rings. The Morgan fingerprint density at radius 3 is 2.61 bits per heavy atom. The van der Waals surface area contributed by atoms with Gasteiger partial charge in [-0.2, -0.15) is 0 Å². The van der Waals surface area contributed by atoms with Crippen LogP contribution < -0.4 is 10.5 Å². The third kappa shape index (κ3) is 3.02. The van der Waals surface area contributed by atoms with Gasteiger partial charge in [-0.25, -0.2) is 28.1 Å². The molecule has 2 rings (SSSR count). The zero-order chi connectivity index (χ0) is 13.0. The van der Waals surface area contributed by atoms with Gasteiger partial charge in [-0.15, -0.1) is 0 Å². The van der Waals surface area contributed by atoms with Crippen LogP contribution in [0.3, 0.4) is 0 Å². The summed E-state index contributed by atoms with van der Waals surface area (Å²) in [6.45, 7) is 0.259. The molecular formula is C9H12N6O2S. The van der Waals surface area contributed by atoms with Crippen molar-refractivity contribution in [2.45, 2.75) is 11.3 Å². The Balaban J connectivity index is 1.97. The largest absolute Gasteiger partial charge is 0.368 e. The van der Waals surface area contributed by atoms with Gasteiger partial charge >= 0.3 is 0 Å². The van der Waals surface area contributed by atoms with E-state index in [2.05, 4.69) is 24.7 Å². The molecule has 0 aromatic carbocycles. The van der Waals surface area contributed by atoms with Gasteiger partial charge < -0.3 is 10.7 Å². The summed E-state index contributed by atoms with van der Waals surface area (Å²) in [5.74, 6) is 0.0337. The third-order valence-corrected chi connectivity index (χ3v) is 3.62. The Morgan fingerprint density at radius 1 is 1.28 bits per heavy atom. The molecule has 2 aromatic heterocycles. The number of aromatic nitrogens is 4. The second-order valence-corrected chi connectivity index (χ2v) is 5.27. The van der Waals surface area contributed by atoms with E-state index >= 15 is 0 Å². The number of sulfonamides is 1. The highest BCUT2D eigenvalue weighted by molar-refractivity contribution is 7.89. The Morgan fingerprint density at radius 2 is 2.00 bits per heavy atom. The van der Waals surface area contributed by atoms with Crippen LogP contribution in [0.15, 0.2) is 29.8 Å². The van der Waals surface area contributed by atoms with Crippen molar-refractivity contribution in [2.75, 3.05) is 12.3 Å². The van der Waals surface area contributed by atoms with Gasteiger partial charge in [0.2, 0.25) is 16.0 Å². The summed E-state index contributed by atoms with van der Waals surface area (Å²) in [6, 6.07) is 0. The summed E-state index contributed by atoms with van der Waals surface area (Å²) in [4.78, 5) is 14.0. The van der Waals surface area contributed by atoms with E-state index in [1.807, 2.05) is 0 Å². The molecule has 2 heterocycles. The number of nitrogen functional groups attached to an aromatic ring is 1. The molecule has 4 N–H and O–H groups in total. The number of hydrogen-bond donors (Lipinski definition) is 3. The highest BCUT2D eigenvalue weighted by atomic mass is 32.2. The molecule has 0 amide bonds. The molecule has 9 heteroatoms. The number of H-pyrrole nitrogens is 1. The van der Waals surface area contributed by atoms with E-state index in [0.29, 0.717) is 6.42 Å². The topological polar surface area (TPSA) is 127 Å². The van der Waals surface area contributed by atoms with Gasteiger partial charge in [0.15, 0.2) is 0 Å². The summed E-state index contributed by atoms with van der Waals surface area (Å²) in [6.07, 6.45) is 6.04. The first-order valence-corrected chi connectivity index (χ1v) is 6.61. The van der Waals surface area contributed by atoms with Crippen LogP contribution in [0.1, 0.15) is 5.69 Å². The van der Waals surface area contributed by atoms with Crippen LogP contribution in [0.2, 0.25) is 0 Å². The predicted molar refractivity (Wildman–Crippen MR) is 63.9 cm³/mol. The monoisotopic (exact) mass is 268 g/mol.